The fraction of sp³-hybridized carbons (Fsp3) is 0.438. The van der Waals surface area contributed by atoms with Gasteiger partial charge in [0.1, 0.15) is 11.3 Å². The van der Waals surface area contributed by atoms with Gasteiger partial charge in [-0.15, -0.1) is 0 Å². The van der Waals surface area contributed by atoms with Gasteiger partial charge >= 0.3 is 0 Å². The summed E-state index contributed by atoms with van der Waals surface area (Å²) in [5.74, 6) is 0.263. The molecule has 1 atom stereocenters. The van der Waals surface area contributed by atoms with Crippen LogP contribution in [0.1, 0.15) is 48.8 Å². The first-order valence-corrected chi connectivity index (χ1v) is 7.47. The molecule has 0 radical (unpaired) electrons. The van der Waals surface area contributed by atoms with Crippen molar-refractivity contribution in [2.45, 2.75) is 39.5 Å². The molecule has 1 fully saturated rings. The Kier molecular flexibility index (Phi) is 3.73. The van der Waals surface area contributed by atoms with Gasteiger partial charge in [-0.1, -0.05) is 19.4 Å². The molecule has 110 valence electrons. The van der Waals surface area contributed by atoms with Crippen molar-refractivity contribution in [3.05, 3.63) is 35.8 Å². The predicted octanol–water partition coefficient (Wildman–Crippen LogP) is 2.94. The molecule has 1 N–H and O–H groups in total. The zero-order valence-electron chi connectivity index (χ0n) is 12.5. The van der Waals surface area contributed by atoms with Crippen molar-refractivity contribution in [2.24, 2.45) is 11.0 Å². The average Bonchev–Trinajstić information content (AvgIpc) is 2.82. The first kappa shape index (κ1) is 13.8. The fourth-order valence-electron chi connectivity index (χ4n) is 2.90. The molecule has 21 heavy (non-hydrogen) atoms. The van der Waals surface area contributed by atoms with E-state index >= 15 is 0 Å². The number of nitrogens with one attached hydrogen (secondary N) is 1. The van der Waals surface area contributed by atoms with Crippen molar-refractivity contribution >= 4 is 17.3 Å². The molecule has 2 aromatic rings. The summed E-state index contributed by atoms with van der Waals surface area (Å²) >= 11 is 0. The number of hydrogen-bond acceptors (Lipinski definition) is 3. The molecular weight excluding hydrogens is 264 g/mol. The lowest BCUT2D eigenvalue weighted by Crippen LogP contribution is -2.25. The maximum Gasteiger partial charge on any atom is 0.290 e. The second kappa shape index (κ2) is 5.68. The van der Waals surface area contributed by atoms with Crippen LogP contribution in [0.3, 0.4) is 0 Å². The molecule has 1 amide bonds. The quantitative estimate of drug-likeness (QED) is 0.862. The Bertz CT molecular complexity index is 701. The number of rotatable bonds is 2. The van der Waals surface area contributed by atoms with Crippen LogP contribution in [0, 0.1) is 12.8 Å². The highest BCUT2D eigenvalue weighted by Gasteiger charge is 2.18. The summed E-state index contributed by atoms with van der Waals surface area (Å²) in [5, 5.41) is 4.34. The van der Waals surface area contributed by atoms with Crippen LogP contribution in [0.2, 0.25) is 0 Å². The van der Waals surface area contributed by atoms with Crippen LogP contribution in [0.4, 0.5) is 0 Å². The Balaban J connectivity index is 1.84. The van der Waals surface area contributed by atoms with E-state index < -0.39 is 0 Å². The van der Waals surface area contributed by atoms with E-state index in [4.69, 9.17) is 0 Å². The second-order valence-electron chi connectivity index (χ2n) is 5.67. The second-order valence-corrected chi connectivity index (χ2v) is 5.67. The van der Waals surface area contributed by atoms with Crippen molar-refractivity contribution in [2.75, 3.05) is 0 Å². The van der Waals surface area contributed by atoms with Gasteiger partial charge in [0.05, 0.1) is 5.69 Å². The first-order chi connectivity index (χ1) is 10.2. The topological polar surface area (TPSA) is 58.8 Å². The number of aromatic nitrogens is 2. The van der Waals surface area contributed by atoms with Crippen LogP contribution in [-0.4, -0.2) is 21.0 Å². The molecule has 0 aromatic carbocycles. The molecule has 3 rings (SSSR count). The summed E-state index contributed by atoms with van der Waals surface area (Å²) in [4.78, 5) is 16.8. The molecule has 0 unspecified atom stereocenters. The first-order valence-electron chi connectivity index (χ1n) is 7.47. The number of hydrazone groups is 1. The van der Waals surface area contributed by atoms with Crippen molar-refractivity contribution < 1.29 is 4.79 Å². The highest BCUT2D eigenvalue weighted by atomic mass is 16.2. The summed E-state index contributed by atoms with van der Waals surface area (Å²) in [6, 6.07) is 5.69. The zero-order valence-corrected chi connectivity index (χ0v) is 12.5. The van der Waals surface area contributed by atoms with E-state index in [2.05, 4.69) is 22.4 Å². The largest absolute Gasteiger partial charge is 0.295 e. The highest BCUT2D eigenvalue weighted by Crippen LogP contribution is 2.20. The van der Waals surface area contributed by atoms with Gasteiger partial charge in [-0.2, -0.15) is 5.10 Å². The smallest absolute Gasteiger partial charge is 0.290 e. The molecular formula is C16H20N4O. The lowest BCUT2D eigenvalue weighted by Gasteiger charge is -2.19. The average molecular weight is 284 g/mol. The number of carbonyl (C=O) groups excluding carboxylic acids is 1. The van der Waals surface area contributed by atoms with Crippen molar-refractivity contribution in [3.8, 4) is 0 Å². The zero-order chi connectivity index (χ0) is 14.8. The summed E-state index contributed by atoms with van der Waals surface area (Å²) in [6.45, 7) is 4.02. The van der Waals surface area contributed by atoms with Crippen LogP contribution in [0.5, 0.6) is 0 Å². The van der Waals surface area contributed by atoms with Crippen LogP contribution in [0.15, 0.2) is 29.5 Å². The molecule has 1 saturated carbocycles. The molecule has 5 heteroatoms. The van der Waals surface area contributed by atoms with E-state index in [0.717, 1.165) is 36.3 Å². The molecule has 0 bridgehead atoms. The van der Waals surface area contributed by atoms with Crippen LogP contribution >= 0.6 is 0 Å². The summed E-state index contributed by atoms with van der Waals surface area (Å²) in [7, 11) is 0. The third-order valence-electron chi connectivity index (χ3n) is 4.11. The molecule has 1 aliphatic carbocycles. The number of hydrogen-bond donors (Lipinski definition) is 1. The third-order valence-corrected chi connectivity index (χ3v) is 4.11. The Morgan fingerprint density at radius 1 is 1.43 bits per heavy atom. The van der Waals surface area contributed by atoms with Crippen molar-refractivity contribution in [3.63, 3.8) is 0 Å². The van der Waals surface area contributed by atoms with Crippen LogP contribution in [-0.2, 0) is 0 Å². The standard InChI is InChI=1S/C16H20N4O/c1-11-7-3-4-8-13(11)18-19-16(21)15-12(2)17-14-9-5-6-10-20(14)15/h5-6,9-11H,3-4,7-8H2,1-2H3,(H,19,21)/t11-/m1/s1. The molecule has 0 spiro atoms. The van der Waals surface area contributed by atoms with Gasteiger partial charge in [-0.25, -0.2) is 10.4 Å². The number of aryl methyl sites for hydroxylation is 1. The minimum Gasteiger partial charge on any atom is -0.295 e. The van der Waals surface area contributed by atoms with E-state index in [-0.39, 0.29) is 5.91 Å². The number of fused-ring (bicyclic) bond motifs is 1. The Morgan fingerprint density at radius 2 is 2.29 bits per heavy atom. The molecule has 1 aliphatic rings. The maximum absolute atomic E-state index is 12.4. The van der Waals surface area contributed by atoms with Gasteiger partial charge in [0.15, 0.2) is 0 Å². The highest BCUT2D eigenvalue weighted by molar-refractivity contribution is 5.96. The van der Waals surface area contributed by atoms with E-state index in [0.29, 0.717) is 11.6 Å². The molecule has 5 nitrogen and oxygen atoms in total. The van der Waals surface area contributed by atoms with Gasteiger partial charge < -0.3 is 0 Å². The number of nitrogens with zero attached hydrogens (tertiary/aromatic N) is 3. The minimum atomic E-state index is -0.198. The van der Waals surface area contributed by atoms with Gasteiger partial charge in [0, 0.05) is 11.9 Å². The summed E-state index contributed by atoms with van der Waals surface area (Å²) in [6.07, 6.45) is 6.39. The lowest BCUT2D eigenvalue weighted by molar-refractivity contribution is 0.0948. The normalized spacial score (nSPS) is 20.9. The van der Waals surface area contributed by atoms with E-state index in [1.807, 2.05) is 31.3 Å². The van der Waals surface area contributed by atoms with E-state index in [1.54, 1.807) is 4.40 Å². The minimum absolute atomic E-state index is 0.198. The van der Waals surface area contributed by atoms with Crippen LogP contribution in [0.25, 0.3) is 5.65 Å². The number of imidazole rings is 1. The summed E-state index contributed by atoms with van der Waals surface area (Å²) in [5.41, 5.74) is 5.85. The molecule has 0 aliphatic heterocycles. The Morgan fingerprint density at radius 3 is 3.10 bits per heavy atom. The fourth-order valence-corrected chi connectivity index (χ4v) is 2.90. The lowest BCUT2D eigenvalue weighted by atomic mass is 9.89. The maximum atomic E-state index is 12.4. The van der Waals surface area contributed by atoms with Crippen LogP contribution < -0.4 is 5.43 Å². The monoisotopic (exact) mass is 284 g/mol. The third kappa shape index (κ3) is 2.68. The van der Waals surface area contributed by atoms with E-state index in [9.17, 15) is 4.79 Å². The molecule has 2 heterocycles. The van der Waals surface area contributed by atoms with Gasteiger partial charge in [-0.05, 0) is 44.2 Å². The van der Waals surface area contributed by atoms with Crippen molar-refractivity contribution in [1.82, 2.24) is 14.8 Å². The van der Waals surface area contributed by atoms with Gasteiger partial charge in [0.2, 0.25) is 0 Å². The van der Waals surface area contributed by atoms with Crippen molar-refractivity contribution in [1.29, 1.82) is 0 Å². The van der Waals surface area contributed by atoms with Gasteiger partial charge in [0.25, 0.3) is 5.91 Å². The number of amides is 1. The predicted molar refractivity (Wildman–Crippen MR) is 82.5 cm³/mol. The Hall–Kier alpha value is -2.17. The number of pyridine rings is 1. The van der Waals surface area contributed by atoms with E-state index in [1.165, 1.54) is 6.42 Å². The molecule has 2 aromatic heterocycles. The van der Waals surface area contributed by atoms with Gasteiger partial charge in [-0.3, -0.25) is 9.20 Å². The molecule has 0 saturated heterocycles. The SMILES string of the molecule is Cc1nc2ccccn2c1C(=O)NN=C1CCCC[C@H]1C. The number of carbonyl (C=O) groups is 1. The Labute approximate surface area is 124 Å². The summed E-state index contributed by atoms with van der Waals surface area (Å²) < 4.78 is 1.80.